The average Bonchev–Trinajstić information content (AvgIpc) is 2.73. The summed E-state index contributed by atoms with van der Waals surface area (Å²) >= 11 is 0. The van der Waals surface area contributed by atoms with E-state index in [-0.39, 0.29) is 0 Å². The molecule has 1 saturated carbocycles. The van der Waals surface area contributed by atoms with Crippen molar-refractivity contribution in [3.8, 4) is 0 Å². The highest BCUT2D eigenvalue weighted by Crippen LogP contribution is 2.36. The van der Waals surface area contributed by atoms with Crippen LogP contribution in [-0.4, -0.2) is 22.4 Å². The molecular weight excluding hydrogens is 210 g/mol. The Kier molecular flexibility index (Phi) is 4.21. The molecule has 0 saturated heterocycles. The SMILES string of the molecule is CC(C)NCC1CCCCC1c1ccn(C)n1. The predicted octanol–water partition coefficient (Wildman–Crippen LogP) is 2.69. The first-order valence-electron chi connectivity index (χ1n) is 6.89. The molecule has 2 rings (SSSR count). The highest BCUT2D eigenvalue weighted by Gasteiger charge is 2.27. The fourth-order valence-corrected chi connectivity index (χ4v) is 2.86. The Morgan fingerprint density at radius 1 is 1.41 bits per heavy atom. The van der Waals surface area contributed by atoms with Crippen LogP contribution in [0.3, 0.4) is 0 Å². The van der Waals surface area contributed by atoms with Crippen LogP contribution in [0, 0.1) is 5.92 Å². The Morgan fingerprint density at radius 2 is 2.18 bits per heavy atom. The summed E-state index contributed by atoms with van der Waals surface area (Å²) in [4.78, 5) is 0. The summed E-state index contributed by atoms with van der Waals surface area (Å²) in [6.45, 7) is 5.58. The van der Waals surface area contributed by atoms with Gasteiger partial charge in [-0.2, -0.15) is 5.10 Å². The van der Waals surface area contributed by atoms with E-state index in [4.69, 9.17) is 0 Å². The summed E-state index contributed by atoms with van der Waals surface area (Å²) in [6, 6.07) is 2.78. The zero-order valence-corrected chi connectivity index (χ0v) is 11.3. The van der Waals surface area contributed by atoms with Gasteiger partial charge in [0.25, 0.3) is 0 Å². The number of hydrogen-bond acceptors (Lipinski definition) is 2. The highest BCUT2D eigenvalue weighted by atomic mass is 15.2. The van der Waals surface area contributed by atoms with E-state index in [1.807, 2.05) is 11.7 Å². The molecule has 1 aliphatic carbocycles. The molecule has 1 aromatic rings. The van der Waals surface area contributed by atoms with Crippen molar-refractivity contribution in [2.24, 2.45) is 13.0 Å². The molecule has 2 unspecified atom stereocenters. The molecule has 2 atom stereocenters. The van der Waals surface area contributed by atoms with E-state index in [2.05, 4.69) is 36.5 Å². The van der Waals surface area contributed by atoms with Crippen LogP contribution in [0.25, 0.3) is 0 Å². The summed E-state index contributed by atoms with van der Waals surface area (Å²) < 4.78 is 1.93. The third-order valence-corrected chi connectivity index (χ3v) is 3.81. The minimum absolute atomic E-state index is 0.585. The molecule has 0 bridgehead atoms. The van der Waals surface area contributed by atoms with Crippen molar-refractivity contribution < 1.29 is 0 Å². The van der Waals surface area contributed by atoms with Crippen LogP contribution < -0.4 is 5.32 Å². The van der Waals surface area contributed by atoms with Crippen molar-refractivity contribution in [1.29, 1.82) is 0 Å². The fourth-order valence-electron chi connectivity index (χ4n) is 2.86. The van der Waals surface area contributed by atoms with E-state index < -0.39 is 0 Å². The van der Waals surface area contributed by atoms with Gasteiger partial charge in [-0.05, 0) is 31.4 Å². The van der Waals surface area contributed by atoms with Gasteiger partial charge in [0.2, 0.25) is 0 Å². The molecule has 1 aliphatic rings. The van der Waals surface area contributed by atoms with Gasteiger partial charge in [-0.1, -0.05) is 26.7 Å². The Labute approximate surface area is 105 Å². The highest BCUT2D eigenvalue weighted by molar-refractivity contribution is 5.09. The van der Waals surface area contributed by atoms with Crippen LogP contribution in [0.2, 0.25) is 0 Å². The molecule has 3 nitrogen and oxygen atoms in total. The maximum absolute atomic E-state index is 4.60. The topological polar surface area (TPSA) is 29.9 Å². The number of aryl methyl sites for hydroxylation is 1. The van der Waals surface area contributed by atoms with Gasteiger partial charge in [0.05, 0.1) is 5.69 Å². The first-order valence-corrected chi connectivity index (χ1v) is 6.89. The van der Waals surface area contributed by atoms with Crippen molar-refractivity contribution in [2.45, 2.75) is 51.5 Å². The summed E-state index contributed by atoms with van der Waals surface area (Å²) in [5.74, 6) is 1.43. The first kappa shape index (κ1) is 12.6. The van der Waals surface area contributed by atoms with E-state index in [0.717, 1.165) is 12.5 Å². The normalized spacial score (nSPS) is 25.4. The number of aromatic nitrogens is 2. The maximum Gasteiger partial charge on any atom is 0.0658 e. The standard InChI is InChI=1S/C14H25N3/c1-11(2)15-10-12-6-4-5-7-13(12)14-8-9-17(3)16-14/h8-9,11-13,15H,4-7,10H2,1-3H3. The van der Waals surface area contributed by atoms with Gasteiger partial charge >= 0.3 is 0 Å². The molecule has 0 aliphatic heterocycles. The molecule has 1 fully saturated rings. The third-order valence-electron chi connectivity index (χ3n) is 3.81. The lowest BCUT2D eigenvalue weighted by molar-refractivity contribution is 0.284. The molecule has 1 heterocycles. The molecule has 0 radical (unpaired) electrons. The second kappa shape index (κ2) is 5.67. The minimum Gasteiger partial charge on any atom is -0.314 e. The summed E-state index contributed by atoms with van der Waals surface area (Å²) in [5.41, 5.74) is 1.29. The predicted molar refractivity (Wildman–Crippen MR) is 71.0 cm³/mol. The second-order valence-electron chi connectivity index (χ2n) is 5.63. The Balaban J connectivity index is 2.01. The largest absolute Gasteiger partial charge is 0.314 e. The Morgan fingerprint density at radius 3 is 2.82 bits per heavy atom. The lowest BCUT2D eigenvalue weighted by Crippen LogP contribution is -2.33. The minimum atomic E-state index is 0.585. The van der Waals surface area contributed by atoms with Gasteiger partial charge < -0.3 is 5.32 Å². The number of hydrogen-bond donors (Lipinski definition) is 1. The monoisotopic (exact) mass is 235 g/mol. The zero-order chi connectivity index (χ0) is 12.3. The summed E-state index contributed by atoms with van der Waals surface area (Å²) in [6.07, 6.45) is 7.46. The van der Waals surface area contributed by atoms with Gasteiger partial charge in [0.1, 0.15) is 0 Å². The Bertz CT molecular complexity index is 343. The molecule has 17 heavy (non-hydrogen) atoms. The van der Waals surface area contributed by atoms with Crippen molar-refractivity contribution >= 4 is 0 Å². The van der Waals surface area contributed by atoms with Crippen molar-refractivity contribution in [3.05, 3.63) is 18.0 Å². The average molecular weight is 235 g/mol. The molecule has 0 spiro atoms. The Hall–Kier alpha value is -0.830. The van der Waals surface area contributed by atoms with E-state index >= 15 is 0 Å². The quantitative estimate of drug-likeness (QED) is 0.869. The molecule has 1 aromatic heterocycles. The smallest absolute Gasteiger partial charge is 0.0658 e. The molecule has 96 valence electrons. The lowest BCUT2D eigenvalue weighted by Gasteiger charge is -2.31. The number of nitrogens with one attached hydrogen (secondary N) is 1. The van der Waals surface area contributed by atoms with Gasteiger partial charge in [-0.15, -0.1) is 0 Å². The summed E-state index contributed by atoms with van der Waals surface area (Å²) in [7, 11) is 2.01. The lowest BCUT2D eigenvalue weighted by atomic mass is 9.77. The zero-order valence-electron chi connectivity index (χ0n) is 11.3. The molecule has 1 N–H and O–H groups in total. The van der Waals surface area contributed by atoms with Crippen molar-refractivity contribution in [3.63, 3.8) is 0 Å². The van der Waals surface area contributed by atoms with Gasteiger partial charge in [0.15, 0.2) is 0 Å². The van der Waals surface area contributed by atoms with Crippen LogP contribution in [0.15, 0.2) is 12.3 Å². The van der Waals surface area contributed by atoms with E-state index in [1.54, 1.807) is 0 Å². The molecule has 3 heteroatoms. The number of rotatable bonds is 4. The molecule has 0 amide bonds. The first-order chi connectivity index (χ1) is 8.16. The maximum atomic E-state index is 4.60. The molecule has 0 aromatic carbocycles. The van der Waals surface area contributed by atoms with E-state index in [9.17, 15) is 0 Å². The van der Waals surface area contributed by atoms with Crippen LogP contribution in [-0.2, 0) is 7.05 Å². The van der Waals surface area contributed by atoms with E-state index in [1.165, 1.54) is 31.4 Å². The van der Waals surface area contributed by atoms with Crippen LogP contribution in [0.5, 0.6) is 0 Å². The van der Waals surface area contributed by atoms with Crippen LogP contribution in [0.4, 0.5) is 0 Å². The van der Waals surface area contributed by atoms with E-state index in [0.29, 0.717) is 12.0 Å². The molecular formula is C14H25N3. The fraction of sp³-hybridized carbons (Fsp3) is 0.786. The third kappa shape index (κ3) is 3.32. The van der Waals surface area contributed by atoms with Crippen molar-refractivity contribution in [2.75, 3.05) is 6.54 Å². The van der Waals surface area contributed by atoms with Gasteiger partial charge in [-0.25, -0.2) is 0 Å². The van der Waals surface area contributed by atoms with Gasteiger partial charge in [0, 0.05) is 25.2 Å². The number of nitrogens with zero attached hydrogens (tertiary/aromatic N) is 2. The second-order valence-corrected chi connectivity index (χ2v) is 5.63. The van der Waals surface area contributed by atoms with Crippen molar-refractivity contribution in [1.82, 2.24) is 15.1 Å². The van der Waals surface area contributed by atoms with Crippen LogP contribution in [0.1, 0.15) is 51.1 Å². The van der Waals surface area contributed by atoms with Crippen LogP contribution >= 0.6 is 0 Å². The summed E-state index contributed by atoms with van der Waals surface area (Å²) in [5, 5.41) is 8.19. The van der Waals surface area contributed by atoms with Gasteiger partial charge in [-0.3, -0.25) is 4.68 Å².